The number of cyclic esters (lactones) is 1. The summed E-state index contributed by atoms with van der Waals surface area (Å²) in [4.78, 5) is 37.2. The van der Waals surface area contributed by atoms with Gasteiger partial charge in [-0.15, -0.1) is 0 Å². The number of amides is 2. The number of ether oxygens (including phenoxy) is 1. The molecule has 0 fully saturated rings. The molecule has 0 spiro atoms. The number of benzene rings is 2. The molecule has 3 rings (SSSR count). The minimum absolute atomic E-state index is 0.0451. The number of hydrogen-bond acceptors (Lipinski definition) is 4. The first kappa shape index (κ1) is 21.4. The Labute approximate surface area is 170 Å². The number of esters is 1. The van der Waals surface area contributed by atoms with E-state index < -0.39 is 36.1 Å². The predicted octanol–water partition coefficient (Wildman–Crippen LogP) is 3.40. The lowest BCUT2D eigenvalue weighted by molar-refractivity contribution is -0.134. The molecule has 0 saturated heterocycles. The molecule has 1 unspecified atom stereocenters. The molecule has 0 bridgehead atoms. The molecule has 2 aromatic carbocycles. The third-order valence-electron chi connectivity index (χ3n) is 4.76. The van der Waals surface area contributed by atoms with Crippen molar-refractivity contribution in [2.75, 3.05) is 11.9 Å². The Kier molecular flexibility index (Phi) is 5.56. The van der Waals surface area contributed by atoms with E-state index in [1.54, 1.807) is 36.5 Å². The lowest BCUT2D eigenvalue weighted by Gasteiger charge is -2.33. The number of hydrogen-bond donors (Lipinski definition) is 2. The first-order valence-electron chi connectivity index (χ1n) is 9.07. The second-order valence-corrected chi connectivity index (χ2v) is 7.24. The molecule has 158 valence electrons. The Morgan fingerprint density at radius 2 is 1.87 bits per heavy atom. The van der Waals surface area contributed by atoms with Crippen LogP contribution in [0.2, 0.25) is 0 Å². The van der Waals surface area contributed by atoms with Crippen LogP contribution in [0.15, 0.2) is 42.5 Å². The predicted molar refractivity (Wildman–Crippen MR) is 102 cm³/mol. The number of aryl methyl sites for hydroxylation is 1. The molecule has 1 atom stereocenters. The van der Waals surface area contributed by atoms with Crippen molar-refractivity contribution >= 4 is 23.5 Å². The van der Waals surface area contributed by atoms with Gasteiger partial charge in [-0.3, -0.25) is 9.59 Å². The average Bonchev–Trinajstić information content (AvgIpc) is 2.67. The van der Waals surface area contributed by atoms with Crippen LogP contribution in [-0.4, -0.2) is 36.1 Å². The van der Waals surface area contributed by atoms with Crippen LogP contribution in [0.1, 0.15) is 38.8 Å². The summed E-state index contributed by atoms with van der Waals surface area (Å²) in [5.41, 5.74) is 0.353. The zero-order valence-corrected chi connectivity index (χ0v) is 16.2. The van der Waals surface area contributed by atoms with Gasteiger partial charge in [0, 0.05) is 17.7 Å². The summed E-state index contributed by atoms with van der Waals surface area (Å²) in [5, 5.41) is 4.40. The monoisotopic (exact) mass is 420 g/mol. The smallest absolute Gasteiger partial charge is 0.405 e. The van der Waals surface area contributed by atoms with Crippen molar-refractivity contribution in [2.45, 2.75) is 32.0 Å². The van der Waals surface area contributed by atoms with E-state index in [1.165, 1.54) is 25.1 Å². The molecule has 0 aromatic heterocycles. The molecule has 0 aliphatic carbocycles. The minimum atomic E-state index is -4.53. The van der Waals surface area contributed by atoms with Crippen molar-refractivity contribution in [3.63, 3.8) is 0 Å². The highest BCUT2D eigenvalue weighted by atomic mass is 19.4. The highest BCUT2D eigenvalue weighted by Gasteiger charge is 2.42. The van der Waals surface area contributed by atoms with Gasteiger partial charge in [0.1, 0.15) is 6.54 Å². The highest BCUT2D eigenvalue weighted by Crippen LogP contribution is 2.30. The largest absolute Gasteiger partial charge is 0.445 e. The Balaban J connectivity index is 1.78. The van der Waals surface area contributed by atoms with E-state index in [4.69, 9.17) is 4.74 Å². The summed E-state index contributed by atoms with van der Waals surface area (Å²) >= 11 is 0. The second kappa shape index (κ2) is 7.81. The van der Waals surface area contributed by atoms with Crippen LogP contribution in [0.3, 0.4) is 0 Å². The second-order valence-electron chi connectivity index (χ2n) is 7.24. The van der Waals surface area contributed by atoms with Crippen LogP contribution in [-0.2, 0) is 16.0 Å². The molecule has 2 amide bonds. The molecular weight excluding hydrogens is 401 g/mol. The fourth-order valence-electron chi connectivity index (χ4n) is 3.09. The van der Waals surface area contributed by atoms with Gasteiger partial charge in [0.15, 0.2) is 5.60 Å². The van der Waals surface area contributed by atoms with Crippen molar-refractivity contribution in [1.29, 1.82) is 0 Å². The van der Waals surface area contributed by atoms with E-state index in [2.05, 4.69) is 5.32 Å². The molecule has 1 aliphatic heterocycles. The molecule has 1 heterocycles. The van der Waals surface area contributed by atoms with Gasteiger partial charge < -0.3 is 15.4 Å². The van der Waals surface area contributed by atoms with E-state index in [1.807, 2.05) is 0 Å². The summed E-state index contributed by atoms with van der Waals surface area (Å²) in [5.74, 6) is -2.15. The summed E-state index contributed by atoms with van der Waals surface area (Å²) in [7, 11) is 0. The summed E-state index contributed by atoms with van der Waals surface area (Å²) in [6.07, 6.45) is -4.38. The van der Waals surface area contributed by atoms with Gasteiger partial charge in [-0.1, -0.05) is 24.3 Å². The number of alkyl halides is 3. The van der Waals surface area contributed by atoms with Gasteiger partial charge in [0.2, 0.25) is 0 Å². The van der Waals surface area contributed by atoms with Crippen LogP contribution >= 0.6 is 0 Å². The number of nitrogens with one attached hydrogen (secondary N) is 2. The van der Waals surface area contributed by atoms with Gasteiger partial charge in [-0.05, 0) is 43.2 Å². The fourth-order valence-corrected chi connectivity index (χ4v) is 3.09. The van der Waals surface area contributed by atoms with Gasteiger partial charge in [0.05, 0.1) is 5.56 Å². The third kappa shape index (κ3) is 4.61. The summed E-state index contributed by atoms with van der Waals surface area (Å²) < 4.78 is 42.3. The Hall–Kier alpha value is -3.36. The average molecular weight is 420 g/mol. The third-order valence-corrected chi connectivity index (χ3v) is 4.76. The number of fused-ring (bicyclic) bond motifs is 1. The van der Waals surface area contributed by atoms with Gasteiger partial charge in [0.25, 0.3) is 11.8 Å². The molecular formula is C21H19F3N2O4. The zero-order chi connectivity index (χ0) is 22.1. The minimum Gasteiger partial charge on any atom is -0.445 e. The van der Waals surface area contributed by atoms with Gasteiger partial charge >= 0.3 is 12.1 Å². The Morgan fingerprint density at radius 3 is 2.57 bits per heavy atom. The van der Waals surface area contributed by atoms with Crippen molar-refractivity contribution in [1.82, 2.24) is 5.32 Å². The van der Waals surface area contributed by atoms with Crippen LogP contribution < -0.4 is 10.6 Å². The maximum atomic E-state index is 12.9. The molecule has 30 heavy (non-hydrogen) atoms. The van der Waals surface area contributed by atoms with E-state index in [-0.39, 0.29) is 17.7 Å². The molecule has 2 aromatic rings. The number of anilines is 1. The molecule has 2 N–H and O–H groups in total. The Bertz CT molecular complexity index is 1020. The van der Waals surface area contributed by atoms with Crippen molar-refractivity contribution in [3.05, 3.63) is 64.7 Å². The van der Waals surface area contributed by atoms with E-state index in [0.29, 0.717) is 16.7 Å². The van der Waals surface area contributed by atoms with Crippen LogP contribution in [0.25, 0.3) is 0 Å². The normalized spacial score (nSPS) is 18.2. The van der Waals surface area contributed by atoms with E-state index in [0.717, 1.165) is 0 Å². The molecule has 1 aliphatic rings. The highest BCUT2D eigenvalue weighted by molar-refractivity contribution is 6.03. The Morgan fingerprint density at radius 1 is 1.17 bits per heavy atom. The van der Waals surface area contributed by atoms with E-state index >= 15 is 0 Å². The molecule has 0 radical (unpaired) electrons. The standard InChI is InChI=1S/C21H19F3N2O4/c1-12-7-8-13(17(27)25-11-21(22,23)24)9-16(12)26-19(29)20(2)10-14-5-3-4-6-15(14)18(28)30-20/h3-9H,10-11H2,1-2H3,(H,25,27)(H,26,29). The summed E-state index contributed by atoms with van der Waals surface area (Å²) in [6, 6.07) is 10.9. The number of carbonyl (C=O) groups is 3. The van der Waals surface area contributed by atoms with Crippen LogP contribution in [0, 0.1) is 6.92 Å². The van der Waals surface area contributed by atoms with Crippen LogP contribution in [0.4, 0.5) is 18.9 Å². The van der Waals surface area contributed by atoms with Gasteiger partial charge in [-0.25, -0.2) is 4.79 Å². The number of halogens is 3. The van der Waals surface area contributed by atoms with Crippen LogP contribution in [0.5, 0.6) is 0 Å². The molecule has 6 nitrogen and oxygen atoms in total. The first-order chi connectivity index (χ1) is 14.0. The molecule has 0 saturated carbocycles. The zero-order valence-electron chi connectivity index (χ0n) is 16.2. The van der Waals surface area contributed by atoms with E-state index in [9.17, 15) is 27.6 Å². The first-order valence-corrected chi connectivity index (χ1v) is 9.07. The quantitative estimate of drug-likeness (QED) is 0.743. The lowest BCUT2D eigenvalue weighted by atomic mass is 9.89. The van der Waals surface area contributed by atoms with Crippen molar-refractivity contribution in [3.8, 4) is 0 Å². The number of rotatable bonds is 4. The fraction of sp³-hybridized carbons (Fsp3) is 0.286. The SMILES string of the molecule is Cc1ccc(C(=O)NCC(F)(F)F)cc1NC(=O)C1(C)Cc2ccccc2C(=O)O1. The summed E-state index contributed by atoms with van der Waals surface area (Å²) in [6.45, 7) is 1.68. The van der Waals surface area contributed by atoms with Gasteiger partial charge in [-0.2, -0.15) is 13.2 Å². The maximum absolute atomic E-state index is 12.9. The topological polar surface area (TPSA) is 84.5 Å². The number of carbonyl (C=O) groups excluding carboxylic acids is 3. The van der Waals surface area contributed by atoms with Crippen molar-refractivity contribution in [2.24, 2.45) is 0 Å². The lowest BCUT2D eigenvalue weighted by Crippen LogP contribution is -2.49. The maximum Gasteiger partial charge on any atom is 0.405 e. The van der Waals surface area contributed by atoms with Crippen molar-refractivity contribution < 1.29 is 32.3 Å². The molecule has 9 heteroatoms.